The van der Waals surface area contributed by atoms with Gasteiger partial charge < -0.3 is 15.3 Å². The van der Waals surface area contributed by atoms with Crippen molar-refractivity contribution in [3.63, 3.8) is 0 Å². The molecule has 1 aliphatic rings. The van der Waals surface area contributed by atoms with E-state index in [2.05, 4.69) is 5.32 Å². The van der Waals surface area contributed by atoms with Crippen molar-refractivity contribution in [2.75, 3.05) is 19.6 Å². The number of hydrogen-bond acceptors (Lipinski definition) is 2. The van der Waals surface area contributed by atoms with Gasteiger partial charge in [0.15, 0.2) is 0 Å². The summed E-state index contributed by atoms with van der Waals surface area (Å²) in [5.74, 6) is -0.925. The molecule has 0 radical (unpaired) electrons. The van der Waals surface area contributed by atoms with Crippen LogP contribution in [-0.4, -0.2) is 41.6 Å². The summed E-state index contributed by atoms with van der Waals surface area (Å²) in [6.45, 7) is 2.03. The van der Waals surface area contributed by atoms with Crippen molar-refractivity contribution in [1.29, 1.82) is 0 Å². The number of nitrogens with zero attached hydrogens (tertiary/aromatic N) is 1. The summed E-state index contributed by atoms with van der Waals surface area (Å²) in [6, 6.07) is 6.77. The van der Waals surface area contributed by atoms with Crippen LogP contribution in [0.25, 0.3) is 0 Å². The highest BCUT2D eigenvalue weighted by Crippen LogP contribution is 2.08. The Morgan fingerprint density at radius 1 is 1.47 bits per heavy atom. The molecule has 0 bridgehead atoms. The number of carboxylic acids is 1. The van der Waals surface area contributed by atoms with Crippen molar-refractivity contribution in [2.45, 2.75) is 6.42 Å². The topological polar surface area (TPSA) is 69.6 Å². The van der Waals surface area contributed by atoms with Crippen molar-refractivity contribution in [2.24, 2.45) is 0 Å². The maximum Gasteiger partial charge on any atom is 0.335 e. The molecule has 1 aromatic carbocycles. The second-order valence-electron chi connectivity index (χ2n) is 3.97. The van der Waals surface area contributed by atoms with E-state index in [1.165, 1.54) is 0 Å². The van der Waals surface area contributed by atoms with E-state index in [0.717, 1.165) is 12.1 Å². The van der Waals surface area contributed by atoms with Crippen molar-refractivity contribution < 1.29 is 14.7 Å². The van der Waals surface area contributed by atoms with E-state index in [-0.39, 0.29) is 11.6 Å². The van der Waals surface area contributed by atoms with Gasteiger partial charge in [-0.1, -0.05) is 12.1 Å². The van der Waals surface area contributed by atoms with E-state index in [4.69, 9.17) is 5.11 Å². The zero-order valence-electron chi connectivity index (χ0n) is 9.35. The third kappa shape index (κ3) is 2.75. The number of rotatable bonds is 4. The number of aromatic carboxylic acids is 1. The molecule has 0 unspecified atom stereocenters. The lowest BCUT2D eigenvalue weighted by Crippen LogP contribution is -2.30. The second kappa shape index (κ2) is 4.86. The Balaban J connectivity index is 1.96. The molecule has 90 valence electrons. The molecule has 1 aromatic rings. The number of carboxylic acid groups (broad SMARTS) is 1. The fourth-order valence-electron chi connectivity index (χ4n) is 1.85. The molecule has 2 rings (SSSR count). The number of carbonyl (C=O) groups excluding carboxylic acids is 1. The van der Waals surface area contributed by atoms with Crippen LogP contribution in [-0.2, 0) is 6.42 Å². The fraction of sp³-hybridized carbons (Fsp3) is 0.333. The predicted molar refractivity (Wildman–Crippen MR) is 62.1 cm³/mol. The Kier molecular flexibility index (Phi) is 3.27. The summed E-state index contributed by atoms with van der Waals surface area (Å²) in [4.78, 5) is 23.8. The second-order valence-corrected chi connectivity index (χ2v) is 3.97. The van der Waals surface area contributed by atoms with Crippen molar-refractivity contribution >= 4 is 12.0 Å². The van der Waals surface area contributed by atoms with Gasteiger partial charge in [0, 0.05) is 19.6 Å². The SMILES string of the molecule is O=C(O)c1cccc(CCN2CCNC2=O)c1. The lowest BCUT2D eigenvalue weighted by Gasteiger charge is -2.13. The predicted octanol–water partition coefficient (Wildman–Crippen LogP) is 0.952. The molecule has 1 aliphatic heterocycles. The quantitative estimate of drug-likeness (QED) is 0.815. The Morgan fingerprint density at radius 3 is 2.94 bits per heavy atom. The molecule has 5 heteroatoms. The first-order chi connectivity index (χ1) is 8.16. The normalized spacial score (nSPS) is 14.8. The van der Waals surface area contributed by atoms with Gasteiger partial charge in [-0.25, -0.2) is 9.59 Å². The minimum atomic E-state index is -0.925. The zero-order valence-corrected chi connectivity index (χ0v) is 9.35. The first-order valence-electron chi connectivity index (χ1n) is 5.52. The summed E-state index contributed by atoms with van der Waals surface area (Å²) in [5.41, 5.74) is 1.22. The smallest absolute Gasteiger partial charge is 0.335 e. The highest BCUT2D eigenvalue weighted by molar-refractivity contribution is 5.87. The number of carbonyl (C=O) groups is 2. The van der Waals surface area contributed by atoms with E-state index >= 15 is 0 Å². The third-order valence-corrected chi connectivity index (χ3v) is 2.79. The van der Waals surface area contributed by atoms with Crippen LogP contribution in [0.4, 0.5) is 4.79 Å². The molecule has 0 aliphatic carbocycles. The summed E-state index contributed by atoms with van der Waals surface area (Å²) in [6.07, 6.45) is 0.675. The number of benzene rings is 1. The van der Waals surface area contributed by atoms with Crippen molar-refractivity contribution in [1.82, 2.24) is 10.2 Å². The molecule has 0 spiro atoms. The van der Waals surface area contributed by atoms with Gasteiger partial charge in [-0.2, -0.15) is 0 Å². The number of nitrogens with one attached hydrogen (secondary N) is 1. The minimum Gasteiger partial charge on any atom is -0.478 e. The lowest BCUT2D eigenvalue weighted by atomic mass is 10.1. The van der Waals surface area contributed by atoms with E-state index in [9.17, 15) is 9.59 Å². The monoisotopic (exact) mass is 234 g/mol. The van der Waals surface area contributed by atoms with Crippen LogP contribution in [0.3, 0.4) is 0 Å². The first-order valence-corrected chi connectivity index (χ1v) is 5.52. The molecule has 0 atom stereocenters. The molecule has 2 N–H and O–H groups in total. The molecule has 5 nitrogen and oxygen atoms in total. The van der Waals surface area contributed by atoms with Crippen molar-refractivity contribution in [3.05, 3.63) is 35.4 Å². The van der Waals surface area contributed by atoms with E-state index < -0.39 is 5.97 Å². The van der Waals surface area contributed by atoms with Gasteiger partial charge in [0.1, 0.15) is 0 Å². The summed E-state index contributed by atoms with van der Waals surface area (Å²) >= 11 is 0. The number of urea groups is 1. The Labute approximate surface area is 99.0 Å². The summed E-state index contributed by atoms with van der Waals surface area (Å²) in [7, 11) is 0. The lowest BCUT2D eigenvalue weighted by molar-refractivity contribution is 0.0696. The fourth-order valence-corrected chi connectivity index (χ4v) is 1.85. The largest absolute Gasteiger partial charge is 0.478 e. The Bertz CT molecular complexity index is 445. The van der Waals surface area contributed by atoms with Crippen LogP contribution in [0.15, 0.2) is 24.3 Å². The van der Waals surface area contributed by atoms with Crippen LogP contribution in [0.2, 0.25) is 0 Å². The highest BCUT2D eigenvalue weighted by atomic mass is 16.4. The van der Waals surface area contributed by atoms with Crippen molar-refractivity contribution in [3.8, 4) is 0 Å². The molecule has 1 heterocycles. The van der Waals surface area contributed by atoms with Crippen LogP contribution in [0.1, 0.15) is 15.9 Å². The van der Waals surface area contributed by atoms with Crippen LogP contribution < -0.4 is 5.32 Å². The van der Waals surface area contributed by atoms with Crippen LogP contribution in [0, 0.1) is 0 Å². The average Bonchev–Trinajstić information content (AvgIpc) is 2.72. The Morgan fingerprint density at radius 2 is 2.29 bits per heavy atom. The first kappa shape index (κ1) is 11.4. The van der Waals surface area contributed by atoms with Gasteiger partial charge in [0.05, 0.1) is 5.56 Å². The van der Waals surface area contributed by atoms with Gasteiger partial charge in [-0.15, -0.1) is 0 Å². The van der Waals surface area contributed by atoms with Crippen LogP contribution >= 0.6 is 0 Å². The van der Waals surface area contributed by atoms with E-state index in [0.29, 0.717) is 19.5 Å². The van der Waals surface area contributed by atoms with E-state index in [1.807, 2.05) is 6.07 Å². The van der Waals surface area contributed by atoms with Gasteiger partial charge >= 0.3 is 12.0 Å². The highest BCUT2D eigenvalue weighted by Gasteiger charge is 2.18. The van der Waals surface area contributed by atoms with Gasteiger partial charge in [-0.05, 0) is 24.1 Å². The molecule has 0 aromatic heterocycles. The average molecular weight is 234 g/mol. The minimum absolute atomic E-state index is 0.0422. The van der Waals surface area contributed by atoms with E-state index in [1.54, 1.807) is 23.1 Å². The maximum absolute atomic E-state index is 11.3. The summed E-state index contributed by atoms with van der Waals surface area (Å²) in [5, 5.41) is 11.6. The molecule has 1 saturated heterocycles. The zero-order chi connectivity index (χ0) is 12.3. The molecule has 17 heavy (non-hydrogen) atoms. The molecular weight excluding hydrogens is 220 g/mol. The molecule has 0 saturated carbocycles. The molecule has 1 fully saturated rings. The Hall–Kier alpha value is -2.04. The van der Waals surface area contributed by atoms with Crippen LogP contribution in [0.5, 0.6) is 0 Å². The maximum atomic E-state index is 11.3. The van der Waals surface area contributed by atoms with Gasteiger partial charge in [0.2, 0.25) is 0 Å². The summed E-state index contributed by atoms with van der Waals surface area (Å²) < 4.78 is 0. The number of hydrogen-bond donors (Lipinski definition) is 2. The standard InChI is InChI=1S/C12H14N2O3/c15-11(16)10-3-1-2-9(8-10)4-6-14-7-5-13-12(14)17/h1-3,8H,4-7H2,(H,13,17)(H,15,16). The molecular formula is C12H14N2O3. The van der Waals surface area contributed by atoms with Gasteiger partial charge in [-0.3, -0.25) is 0 Å². The number of amides is 2. The molecule has 2 amide bonds. The van der Waals surface area contributed by atoms with Gasteiger partial charge in [0.25, 0.3) is 0 Å². The third-order valence-electron chi connectivity index (χ3n) is 2.79.